The predicted molar refractivity (Wildman–Crippen MR) is 110 cm³/mol. The van der Waals surface area contributed by atoms with Gasteiger partial charge in [-0.15, -0.1) is 0 Å². The van der Waals surface area contributed by atoms with Gasteiger partial charge >= 0.3 is 6.09 Å². The third-order valence-corrected chi connectivity index (χ3v) is 5.20. The van der Waals surface area contributed by atoms with Crippen LogP contribution in [0.1, 0.15) is 46.6 Å². The lowest BCUT2D eigenvalue weighted by atomic mass is 9.79. The maximum absolute atomic E-state index is 12.7. The Labute approximate surface area is 172 Å². The van der Waals surface area contributed by atoms with Crippen molar-refractivity contribution in [2.75, 3.05) is 20.2 Å². The molecule has 0 saturated carbocycles. The van der Waals surface area contributed by atoms with Gasteiger partial charge in [-0.1, -0.05) is 31.5 Å². The van der Waals surface area contributed by atoms with E-state index in [0.29, 0.717) is 35.8 Å². The second-order valence-corrected chi connectivity index (χ2v) is 9.30. The molecule has 0 aromatic heterocycles. The lowest BCUT2D eigenvalue weighted by Crippen LogP contribution is -2.57. The van der Waals surface area contributed by atoms with Crippen molar-refractivity contribution >= 4 is 23.6 Å². The van der Waals surface area contributed by atoms with Gasteiger partial charge < -0.3 is 19.7 Å². The molecule has 6 nitrogen and oxygen atoms in total. The molecule has 1 heterocycles. The van der Waals surface area contributed by atoms with Crippen LogP contribution in [0.15, 0.2) is 18.2 Å². The van der Waals surface area contributed by atoms with Gasteiger partial charge in [-0.25, -0.2) is 4.79 Å². The van der Waals surface area contributed by atoms with E-state index in [-0.39, 0.29) is 29.9 Å². The third-order valence-electron chi connectivity index (χ3n) is 4.85. The number of halogens is 1. The topological polar surface area (TPSA) is 67.9 Å². The van der Waals surface area contributed by atoms with Crippen LogP contribution in [0.25, 0.3) is 0 Å². The summed E-state index contributed by atoms with van der Waals surface area (Å²) in [6, 6.07) is 5.28. The van der Waals surface area contributed by atoms with Crippen molar-refractivity contribution < 1.29 is 19.1 Å². The number of likely N-dealkylation sites (tertiary alicyclic amines) is 1. The van der Waals surface area contributed by atoms with Crippen LogP contribution in [0.2, 0.25) is 5.02 Å². The van der Waals surface area contributed by atoms with Crippen molar-refractivity contribution in [3.8, 4) is 5.75 Å². The Hall–Kier alpha value is -1.95. The fourth-order valence-electron chi connectivity index (χ4n) is 3.41. The van der Waals surface area contributed by atoms with Crippen molar-refractivity contribution in [1.29, 1.82) is 0 Å². The number of ether oxygens (including phenoxy) is 2. The monoisotopic (exact) mass is 410 g/mol. The van der Waals surface area contributed by atoms with Crippen molar-refractivity contribution in [3.05, 3.63) is 28.8 Å². The van der Waals surface area contributed by atoms with E-state index in [2.05, 4.69) is 5.32 Å². The standard InChI is InChI=1S/C21H31ClN2O4/c1-20(2,3)28-19(26)24-11-10-17(21(4,5)13-24)23-18(25)12-14-15(22)8-7-9-16(14)27-6/h7-9,17H,10-13H2,1-6H3,(H,23,25)/t17-/m1/s1. The number of methoxy groups -OCH3 is 1. The SMILES string of the molecule is COc1cccc(Cl)c1CC(=O)N[C@@H]1CCN(C(=O)OC(C)(C)C)CC1(C)C. The van der Waals surface area contributed by atoms with E-state index in [1.807, 2.05) is 34.6 Å². The van der Waals surface area contributed by atoms with Gasteiger partial charge in [-0.05, 0) is 39.3 Å². The van der Waals surface area contributed by atoms with Gasteiger partial charge in [0.25, 0.3) is 0 Å². The molecule has 2 amide bonds. The molecule has 1 atom stereocenters. The number of carbonyl (C=O) groups excluding carboxylic acids is 2. The fraction of sp³-hybridized carbons (Fsp3) is 0.619. The molecule has 28 heavy (non-hydrogen) atoms. The van der Waals surface area contributed by atoms with E-state index < -0.39 is 5.60 Å². The van der Waals surface area contributed by atoms with E-state index in [4.69, 9.17) is 21.1 Å². The van der Waals surface area contributed by atoms with E-state index in [0.717, 1.165) is 0 Å². The van der Waals surface area contributed by atoms with Crippen molar-refractivity contribution in [1.82, 2.24) is 10.2 Å². The number of amides is 2. The highest BCUT2D eigenvalue weighted by Gasteiger charge is 2.39. The molecular weight excluding hydrogens is 380 g/mol. The number of carbonyl (C=O) groups is 2. The average Bonchev–Trinajstić information content (AvgIpc) is 2.56. The Kier molecular flexibility index (Phi) is 6.86. The minimum Gasteiger partial charge on any atom is -0.496 e. The van der Waals surface area contributed by atoms with Crippen LogP contribution in [0.5, 0.6) is 5.75 Å². The van der Waals surface area contributed by atoms with Gasteiger partial charge in [-0.3, -0.25) is 4.79 Å². The second kappa shape index (κ2) is 8.60. The van der Waals surface area contributed by atoms with E-state index in [9.17, 15) is 9.59 Å². The number of hydrogen-bond acceptors (Lipinski definition) is 4. The van der Waals surface area contributed by atoms with Crippen molar-refractivity contribution in [2.24, 2.45) is 5.41 Å². The summed E-state index contributed by atoms with van der Waals surface area (Å²) in [6.45, 7) is 10.7. The van der Waals surface area contributed by atoms with Crippen molar-refractivity contribution in [2.45, 2.75) is 59.1 Å². The van der Waals surface area contributed by atoms with E-state index >= 15 is 0 Å². The zero-order valence-corrected chi connectivity index (χ0v) is 18.4. The first-order valence-electron chi connectivity index (χ1n) is 9.51. The number of hydrogen-bond donors (Lipinski definition) is 1. The highest BCUT2D eigenvalue weighted by atomic mass is 35.5. The Morgan fingerprint density at radius 1 is 1.32 bits per heavy atom. The largest absolute Gasteiger partial charge is 0.496 e. The first kappa shape index (κ1) is 22.3. The summed E-state index contributed by atoms with van der Waals surface area (Å²) in [6.07, 6.45) is 0.495. The zero-order chi connectivity index (χ0) is 21.1. The number of piperidine rings is 1. The smallest absolute Gasteiger partial charge is 0.410 e. The molecule has 1 N–H and O–H groups in total. The van der Waals surface area contributed by atoms with Gasteiger partial charge in [-0.2, -0.15) is 0 Å². The summed E-state index contributed by atoms with van der Waals surface area (Å²) in [5, 5.41) is 3.62. The molecule has 1 saturated heterocycles. The lowest BCUT2D eigenvalue weighted by molar-refractivity contribution is -0.122. The molecule has 156 valence electrons. The van der Waals surface area contributed by atoms with Crippen LogP contribution in [-0.2, 0) is 16.0 Å². The fourth-order valence-corrected chi connectivity index (χ4v) is 3.65. The van der Waals surface area contributed by atoms with Gasteiger partial charge in [0.05, 0.1) is 13.5 Å². The van der Waals surface area contributed by atoms with Gasteiger partial charge in [0.1, 0.15) is 11.4 Å². The number of rotatable bonds is 4. The molecule has 0 unspecified atom stereocenters. The van der Waals surface area contributed by atoms with Gasteiger partial charge in [0.15, 0.2) is 0 Å². The molecule has 0 aliphatic carbocycles. The van der Waals surface area contributed by atoms with E-state index in [1.165, 1.54) is 0 Å². The molecule has 0 bridgehead atoms. The molecule has 0 spiro atoms. The highest BCUT2D eigenvalue weighted by Crippen LogP contribution is 2.31. The molecule has 1 aliphatic rings. The minimum atomic E-state index is -0.527. The van der Waals surface area contributed by atoms with Gasteiger partial charge in [0, 0.05) is 35.1 Å². The van der Waals surface area contributed by atoms with Crippen LogP contribution in [0.3, 0.4) is 0 Å². The second-order valence-electron chi connectivity index (χ2n) is 8.90. The Morgan fingerprint density at radius 2 is 2.00 bits per heavy atom. The summed E-state index contributed by atoms with van der Waals surface area (Å²) < 4.78 is 10.8. The Balaban J connectivity index is 2.00. The summed E-state index contributed by atoms with van der Waals surface area (Å²) >= 11 is 6.24. The maximum atomic E-state index is 12.7. The van der Waals surface area contributed by atoms with Crippen LogP contribution in [0.4, 0.5) is 4.79 Å². The highest BCUT2D eigenvalue weighted by molar-refractivity contribution is 6.31. The molecule has 2 rings (SSSR count). The molecule has 1 aliphatic heterocycles. The van der Waals surface area contributed by atoms with Crippen molar-refractivity contribution in [3.63, 3.8) is 0 Å². The Morgan fingerprint density at radius 3 is 2.57 bits per heavy atom. The first-order chi connectivity index (χ1) is 12.9. The van der Waals surface area contributed by atoms with Crippen LogP contribution in [-0.4, -0.2) is 48.7 Å². The predicted octanol–water partition coefficient (Wildman–Crippen LogP) is 4.04. The molecular formula is C21H31ClN2O4. The lowest BCUT2D eigenvalue weighted by Gasteiger charge is -2.44. The summed E-state index contributed by atoms with van der Waals surface area (Å²) in [5.74, 6) is 0.483. The maximum Gasteiger partial charge on any atom is 0.410 e. The average molecular weight is 411 g/mol. The number of nitrogens with one attached hydrogen (secondary N) is 1. The normalized spacial score (nSPS) is 19.1. The van der Waals surface area contributed by atoms with E-state index in [1.54, 1.807) is 30.2 Å². The summed E-state index contributed by atoms with van der Waals surface area (Å²) in [4.78, 5) is 26.7. The number of benzene rings is 1. The summed E-state index contributed by atoms with van der Waals surface area (Å²) in [7, 11) is 1.56. The zero-order valence-electron chi connectivity index (χ0n) is 17.6. The molecule has 7 heteroatoms. The summed E-state index contributed by atoms with van der Waals surface area (Å²) in [5.41, 5.74) is -0.136. The van der Waals surface area contributed by atoms with Crippen LogP contribution < -0.4 is 10.1 Å². The molecule has 1 aromatic rings. The quantitative estimate of drug-likeness (QED) is 0.813. The number of nitrogens with zero attached hydrogens (tertiary/aromatic N) is 1. The third kappa shape index (κ3) is 5.77. The van der Waals surface area contributed by atoms with Gasteiger partial charge in [0.2, 0.25) is 5.91 Å². The minimum absolute atomic E-state index is 0.0489. The van der Waals surface area contributed by atoms with Crippen LogP contribution >= 0.6 is 11.6 Å². The molecule has 1 fully saturated rings. The Bertz CT molecular complexity index is 728. The van der Waals surface area contributed by atoms with Crippen LogP contribution in [0, 0.1) is 5.41 Å². The molecule has 1 aromatic carbocycles. The molecule has 0 radical (unpaired) electrons. The first-order valence-corrected chi connectivity index (χ1v) is 9.89.